The summed E-state index contributed by atoms with van der Waals surface area (Å²) in [6, 6.07) is 7.71. The number of piperidine rings is 1. The molecule has 1 aliphatic carbocycles. The lowest BCUT2D eigenvalue weighted by molar-refractivity contribution is 0.0946. The average molecular weight is 442 g/mol. The van der Waals surface area contributed by atoms with E-state index in [0.717, 1.165) is 30.8 Å². The van der Waals surface area contributed by atoms with Crippen LogP contribution < -0.4 is 10.6 Å². The van der Waals surface area contributed by atoms with Gasteiger partial charge in [-0.15, -0.1) is 10.2 Å². The molecule has 2 N–H and O–H groups in total. The minimum atomic E-state index is -0.283. The third kappa shape index (κ3) is 5.89. The van der Waals surface area contributed by atoms with Crippen molar-refractivity contribution in [3.05, 3.63) is 39.8 Å². The summed E-state index contributed by atoms with van der Waals surface area (Å²) in [4.78, 5) is 27.6. The first-order chi connectivity index (χ1) is 15.1. The van der Waals surface area contributed by atoms with Crippen molar-refractivity contribution in [1.82, 2.24) is 20.4 Å². The number of nitrogens with zero attached hydrogens (tertiary/aromatic N) is 3. The zero-order valence-corrected chi connectivity index (χ0v) is 18.9. The standard InChI is InChI=1S/C23H31N5O2S/c1-2-19-9-3-4-13-28(19)14-6-12-24-20(29)17-7-5-8-18(15-17)25-21(30)23-27-26-22(31-23)16-10-11-16/h5,7-8,15-16,19H,2-4,6,9-14H2,1H3,(H,24,29)(H,25,30)/t19-/m0/s1. The lowest BCUT2D eigenvalue weighted by Gasteiger charge is -2.35. The highest BCUT2D eigenvalue weighted by Crippen LogP contribution is 2.41. The van der Waals surface area contributed by atoms with Gasteiger partial charge in [0, 0.05) is 36.3 Å². The van der Waals surface area contributed by atoms with E-state index < -0.39 is 0 Å². The zero-order valence-electron chi connectivity index (χ0n) is 18.1. The van der Waals surface area contributed by atoms with Gasteiger partial charge in [0.1, 0.15) is 5.01 Å². The molecule has 0 radical (unpaired) electrons. The van der Waals surface area contributed by atoms with Gasteiger partial charge in [-0.1, -0.05) is 30.7 Å². The molecule has 0 bridgehead atoms. The number of carbonyl (C=O) groups excluding carboxylic acids is 2. The van der Waals surface area contributed by atoms with Crippen molar-refractivity contribution in [2.75, 3.05) is 25.0 Å². The van der Waals surface area contributed by atoms with Crippen LogP contribution in [-0.2, 0) is 0 Å². The Morgan fingerprint density at radius 2 is 2.03 bits per heavy atom. The number of anilines is 1. The molecule has 1 aromatic heterocycles. The second kappa shape index (κ2) is 10.3. The SMILES string of the molecule is CC[C@H]1CCCCN1CCCNC(=O)c1cccc(NC(=O)c2nnc(C3CC3)s2)c1. The quantitative estimate of drug-likeness (QED) is 0.573. The van der Waals surface area contributed by atoms with Gasteiger partial charge in [0.25, 0.3) is 11.8 Å². The Hall–Kier alpha value is -2.32. The molecular formula is C23H31N5O2S. The Bertz CT molecular complexity index is 911. The van der Waals surface area contributed by atoms with E-state index in [-0.39, 0.29) is 11.8 Å². The van der Waals surface area contributed by atoms with Gasteiger partial charge in [-0.3, -0.25) is 9.59 Å². The predicted octanol–water partition coefficient (Wildman–Crippen LogP) is 4.05. The van der Waals surface area contributed by atoms with Crippen LogP contribution in [0.2, 0.25) is 0 Å². The molecule has 1 atom stereocenters. The van der Waals surface area contributed by atoms with E-state index in [1.54, 1.807) is 24.3 Å². The van der Waals surface area contributed by atoms with Crippen LogP contribution in [0.25, 0.3) is 0 Å². The molecule has 0 unspecified atom stereocenters. The van der Waals surface area contributed by atoms with Crippen LogP contribution in [0.15, 0.2) is 24.3 Å². The number of hydrogen-bond donors (Lipinski definition) is 2. The van der Waals surface area contributed by atoms with E-state index in [9.17, 15) is 9.59 Å². The van der Waals surface area contributed by atoms with E-state index >= 15 is 0 Å². The normalized spacial score (nSPS) is 19.2. The highest BCUT2D eigenvalue weighted by Gasteiger charge is 2.28. The molecule has 2 aromatic rings. The molecular weight excluding hydrogens is 410 g/mol. The fraction of sp³-hybridized carbons (Fsp3) is 0.565. The fourth-order valence-corrected chi connectivity index (χ4v) is 5.05. The largest absolute Gasteiger partial charge is 0.352 e. The summed E-state index contributed by atoms with van der Waals surface area (Å²) >= 11 is 1.35. The first-order valence-electron chi connectivity index (χ1n) is 11.4. The molecule has 0 spiro atoms. The van der Waals surface area contributed by atoms with Crippen molar-refractivity contribution in [2.24, 2.45) is 0 Å². The number of hydrogen-bond acceptors (Lipinski definition) is 6. The van der Waals surface area contributed by atoms with Gasteiger partial charge in [-0.05, 0) is 63.3 Å². The molecule has 31 heavy (non-hydrogen) atoms. The van der Waals surface area contributed by atoms with Gasteiger partial charge >= 0.3 is 0 Å². The van der Waals surface area contributed by atoms with Crippen molar-refractivity contribution in [3.8, 4) is 0 Å². The number of likely N-dealkylation sites (tertiary alicyclic amines) is 1. The molecule has 2 amide bonds. The van der Waals surface area contributed by atoms with Crippen molar-refractivity contribution in [2.45, 2.75) is 63.8 Å². The number of amides is 2. The van der Waals surface area contributed by atoms with Crippen LogP contribution in [0.4, 0.5) is 5.69 Å². The van der Waals surface area contributed by atoms with Gasteiger partial charge in [-0.25, -0.2) is 0 Å². The third-order valence-electron chi connectivity index (χ3n) is 6.07. The van der Waals surface area contributed by atoms with Crippen LogP contribution in [0.3, 0.4) is 0 Å². The number of aromatic nitrogens is 2. The van der Waals surface area contributed by atoms with Gasteiger partial charge < -0.3 is 15.5 Å². The molecule has 1 aromatic carbocycles. The van der Waals surface area contributed by atoms with Crippen LogP contribution >= 0.6 is 11.3 Å². The fourth-order valence-electron chi connectivity index (χ4n) is 4.15. The van der Waals surface area contributed by atoms with Crippen molar-refractivity contribution >= 4 is 28.8 Å². The van der Waals surface area contributed by atoms with Crippen LogP contribution in [0.5, 0.6) is 0 Å². The summed E-state index contributed by atoms with van der Waals surface area (Å²) < 4.78 is 0. The predicted molar refractivity (Wildman–Crippen MR) is 123 cm³/mol. The van der Waals surface area contributed by atoms with Crippen molar-refractivity contribution in [3.63, 3.8) is 0 Å². The molecule has 8 heteroatoms. The third-order valence-corrected chi connectivity index (χ3v) is 7.16. The van der Waals surface area contributed by atoms with Crippen LogP contribution in [0, 0.1) is 0 Å². The molecule has 1 saturated heterocycles. The highest BCUT2D eigenvalue weighted by molar-refractivity contribution is 7.13. The van der Waals surface area contributed by atoms with E-state index in [0.29, 0.717) is 34.8 Å². The molecule has 2 fully saturated rings. The Kier molecular flexibility index (Phi) is 7.29. The van der Waals surface area contributed by atoms with E-state index in [2.05, 4.69) is 32.7 Å². The van der Waals surface area contributed by atoms with E-state index in [1.165, 1.54) is 43.6 Å². The summed E-state index contributed by atoms with van der Waals surface area (Å²) in [6.45, 7) is 5.11. The van der Waals surface area contributed by atoms with Crippen LogP contribution in [0.1, 0.15) is 83.0 Å². The number of nitrogens with one attached hydrogen (secondary N) is 2. The molecule has 2 aliphatic rings. The maximum atomic E-state index is 12.6. The minimum Gasteiger partial charge on any atom is -0.352 e. The van der Waals surface area contributed by atoms with Crippen molar-refractivity contribution in [1.29, 1.82) is 0 Å². The molecule has 1 saturated carbocycles. The summed E-state index contributed by atoms with van der Waals surface area (Å²) in [5, 5.41) is 15.3. The lowest BCUT2D eigenvalue weighted by atomic mass is 10.00. The molecule has 7 nitrogen and oxygen atoms in total. The lowest BCUT2D eigenvalue weighted by Crippen LogP contribution is -2.40. The smallest absolute Gasteiger partial charge is 0.286 e. The monoisotopic (exact) mass is 441 g/mol. The first-order valence-corrected chi connectivity index (χ1v) is 12.2. The Morgan fingerprint density at radius 3 is 2.84 bits per heavy atom. The van der Waals surface area contributed by atoms with Gasteiger partial charge in [0.05, 0.1) is 0 Å². The first kappa shape index (κ1) is 21.9. The maximum absolute atomic E-state index is 12.6. The van der Waals surface area contributed by atoms with Gasteiger partial charge in [0.15, 0.2) is 0 Å². The number of rotatable bonds is 9. The summed E-state index contributed by atoms with van der Waals surface area (Å²) in [7, 11) is 0. The van der Waals surface area contributed by atoms with E-state index in [4.69, 9.17) is 0 Å². The Morgan fingerprint density at radius 1 is 1.16 bits per heavy atom. The number of carbonyl (C=O) groups is 2. The molecule has 4 rings (SSSR count). The average Bonchev–Trinajstić information content (AvgIpc) is 3.53. The van der Waals surface area contributed by atoms with Gasteiger partial charge in [0.2, 0.25) is 5.01 Å². The second-order valence-electron chi connectivity index (χ2n) is 8.46. The summed E-state index contributed by atoms with van der Waals surface area (Å²) in [5.41, 5.74) is 1.12. The second-order valence-corrected chi connectivity index (χ2v) is 9.47. The molecule has 166 valence electrons. The highest BCUT2D eigenvalue weighted by atomic mass is 32.1. The Balaban J connectivity index is 1.25. The Labute approximate surface area is 187 Å². The van der Waals surface area contributed by atoms with Crippen LogP contribution in [-0.4, -0.2) is 52.6 Å². The molecule has 1 aliphatic heterocycles. The van der Waals surface area contributed by atoms with Crippen molar-refractivity contribution < 1.29 is 9.59 Å². The number of benzene rings is 1. The minimum absolute atomic E-state index is 0.117. The summed E-state index contributed by atoms with van der Waals surface area (Å²) in [5.74, 6) is 0.0801. The van der Waals surface area contributed by atoms with E-state index in [1.807, 2.05) is 0 Å². The maximum Gasteiger partial charge on any atom is 0.286 e. The zero-order chi connectivity index (χ0) is 21.6. The van der Waals surface area contributed by atoms with Gasteiger partial charge in [-0.2, -0.15) is 0 Å². The molecule has 2 heterocycles. The summed E-state index contributed by atoms with van der Waals surface area (Å²) in [6.07, 6.45) is 8.30. The topological polar surface area (TPSA) is 87.2 Å².